The Kier molecular flexibility index (Phi) is 6.03. The molecule has 0 spiro atoms. The summed E-state index contributed by atoms with van der Waals surface area (Å²) in [6.45, 7) is 3.21. The van der Waals surface area contributed by atoms with E-state index in [0.717, 1.165) is 0 Å². The Morgan fingerprint density at radius 2 is 2.00 bits per heavy atom. The average Bonchev–Trinajstić information content (AvgIpc) is 2.34. The maximum absolute atomic E-state index is 12.4. The monoisotopic (exact) mass is 399 g/mol. The molecule has 0 aliphatic carbocycles. The third kappa shape index (κ3) is 4.32. The van der Waals surface area contributed by atoms with E-state index in [2.05, 4.69) is 20.7 Å². The number of methoxy groups -OCH3 is 1. The number of nitrogens with one attached hydrogen (secondary N) is 1. The lowest BCUT2D eigenvalue weighted by atomic mass is 10.1. The molecule has 0 unspecified atom stereocenters. The van der Waals surface area contributed by atoms with Gasteiger partial charge in [0, 0.05) is 5.02 Å². The Morgan fingerprint density at radius 3 is 2.43 bits per heavy atom. The molecule has 1 aromatic carbocycles. The highest BCUT2D eigenvalue weighted by Crippen LogP contribution is 2.35. The summed E-state index contributed by atoms with van der Waals surface area (Å²) >= 11 is 9.01. The number of hydrogen-bond acceptors (Lipinski definition) is 4. The lowest BCUT2D eigenvalue weighted by Crippen LogP contribution is -2.44. The number of hydrogen-bond donors (Lipinski definition) is 2. The normalized spacial score (nSPS) is 13.2. The molecule has 0 radical (unpaired) electrons. The molecule has 2 N–H and O–H groups in total. The van der Waals surface area contributed by atoms with E-state index >= 15 is 0 Å². The fourth-order valence-corrected chi connectivity index (χ4v) is 4.36. The van der Waals surface area contributed by atoms with E-state index in [0.29, 0.717) is 4.47 Å². The minimum absolute atomic E-state index is 0.0554. The lowest BCUT2D eigenvalue weighted by molar-refractivity contribution is -0.140. The first-order valence-electron chi connectivity index (χ1n) is 5.88. The van der Waals surface area contributed by atoms with Crippen molar-refractivity contribution in [3.8, 4) is 5.75 Å². The van der Waals surface area contributed by atoms with Gasteiger partial charge in [0.05, 0.1) is 11.6 Å². The van der Waals surface area contributed by atoms with Crippen molar-refractivity contribution >= 4 is 43.5 Å². The highest BCUT2D eigenvalue weighted by atomic mass is 79.9. The molecule has 21 heavy (non-hydrogen) atoms. The van der Waals surface area contributed by atoms with Crippen molar-refractivity contribution in [2.75, 3.05) is 7.11 Å². The number of carboxylic acids is 1. The second-order valence-corrected chi connectivity index (χ2v) is 7.57. The summed E-state index contributed by atoms with van der Waals surface area (Å²) < 4.78 is 32.4. The number of halogens is 2. The van der Waals surface area contributed by atoms with Crippen LogP contribution in [0.2, 0.25) is 5.02 Å². The molecule has 0 saturated carbocycles. The largest absolute Gasteiger partial charge is 0.494 e. The van der Waals surface area contributed by atoms with Gasteiger partial charge in [-0.15, -0.1) is 0 Å². The first-order valence-corrected chi connectivity index (χ1v) is 8.53. The Balaban J connectivity index is 3.34. The molecule has 0 bridgehead atoms. The topological polar surface area (TPSA) is 92.7 Å². The SMILES string of the molecule is COc1c(Br)cc(Cl)cc1S(=O)(=O)N[C@@H](C(=O)O)C(C)C. The van der Waals surface area contributed by atoms with Gasteiger partial charge < -0.3 is 9.84 Å². The number of carbonyl (C=O) groups is 1. The molecule has 1 atom stereocenters. The zero-order valence-electron chi connectivity index (χ0n) is 11.6. The van der Waals surface area contributed by atoms with Crippen LogP contribution in [0.1, 0.15) is 13.8 Å². The van der Waals surface area contributed by atoms with Gasteiger partial charge in [0.25, 0.3) is 0 Å². The van der Waals surface area contributed by atoms with Gasteiger partial charge >= 0.3 is 5.97 Å². The molecule has 0 aliphatic rings. The van der Waals surface area contributed by atoms with Crippen molar-refractivity contribution in [3.05, 3.63) is 21.6 Å². The number of aliphatic carboxylic acids is 1. The van der Waals surface area contributed by atoms with Gasteiger partial charge in [-0.3, -0.25) is 4.79 Å². The third-order valence-corrected chi connectivity index (χ3v) is 4.94. The quantitative estimate of drug-likeness (QED) is 0.765. The zero-order chi connectivity index (χ0) is 16.4. The molecule has 9 heteroatoms. The van der Waals surface area contributed by atoms with E-state index in [4.69, 9.17) is 21.4 Å². The van der Waals surface area contributed by atoms with Crippen LogP contribution in [0.3, 0.4) is 0 Å². The number of benzene rings is 1. The fraction of sp³-hybridized carbons (Fsp3) is 0.417. The lowest BCUT2D eigenvalue weighted by Gasteiger charge is -2.19. The number of rotatable bonds is 6. The summed E-state index contributed by atoms with van der Waals surface area (Å²) in [5, 5.41) is 9.28. The second-order valence-electron chi connectivity index (χ2n) is 4.60. The molecule has 0 fully saturated rings. The molecule has 1 rings (SSSR count). The molecule has 6 nitrogen and oxygen atoms in total. The van der Waals surface area contributed by atoms with Gasteiger partial charge in [-0.1, -0.05) is 25.4 Å². The van der Waals surface area contributed by atoms with Crippen molar-refractivity contribution in [3.63, 3.8) is 0 Å². The molecular weight excluding hydrogens is 386 g/mol. The molecule has 1 aromatic rings. The summed E-state index contributed by atoms with van der Waals surface area (Å²) in [5.74, 6) is -1.63. The van der Waals surface area contributed by atoms with Crippen LogP contribution >= 0.6 is 27.5 Å². The van der Waals surface area contributed by atoms with Crippen LogP contribution < -0.4 is 9.46 Å². The predicted octanol–water partition coefficient (Wildman–Crippen LogP) is 2.50. The number of ether oxygens (including phenoxy) is 1. The zero-order valence-corrected chi connectivity index (χ0v) is 14.7. The van der Waals surface area contributed by atoms with Crippen molar-refractivity contribution in [2.24, 2.45) is 5.92 Å². The minimum atomic E-state index is -4.11. The van der Waals surface area contributed by atoms with Crippen molar-refractivity contribution in [2.45, 2.75) is 24.8 Å². The van der Waals surface area contributed by atoms with Gasteiger partial charge in [0.2, 0.25) is 10.0 Å². The maximum Gasteiger partial charge on any atom is 0.322 e. The van der Waals surface area contributed by atoms with Crippen LogP contribution in [0.15, 0.2) is 21.5 Å². The predicted molar refractivity (Wildman–Crippen MR) is 82.3 cm³/mol. The van der Waals surface area contributed by atoms with Gasteiger partial charge in [-0.05, 0) is 34.0 Å². The van der Waals surface area contributed by atoms with E-state index < -0.39 is 28.0 Å². The first-order chi connectivity index (χ1) is 9.60. The molecular formula is C12H15BrClNO5S. The summed E-state index contributed by atoms with van der Waals surface area (Å²) in [5.41, 5.74) is 0. The Morgan fingerprint density at radius 1 is 1.43 bits per heavy atom. The van der Waals surface area contributed by atoms with E-state index in [1.165, 1.54) is 19.2 Å². The summed E-state index contributed by atoms with van der Waals surface area (Å²) in [6, 6.07) is 1.43. The van der Waals surface area contributed by atoms with Crippen LogP contribution in [0.4, 0.5) is 0 Å². The number of carboxylic acid groups (broad SMARTS) is 1. The molecule has 0 saturated heterocycles. The minimum Gasteiger partial charge on any atom is -0.494 e. The van der Waals surface area contributed by atoms with E-state index in [1.807, 2.05) is 0 Å². The van der Waals surface area contributed by atoms with Gasteiger partial charge in [-0.25, -0.2) is 8.42 Å². The van der Waals surface area contributed by atoms with Crippen molar-refractivity contribution in [1.82, 2.24) is 4.72 Å². The van der Waals surface area contributed by atoms with Gasteiger partial charge in [0.15, 0.2) is 5.75 Å². The average molecular weight is 401 g/mol. The Hall–Kier alpha value is -0.830. The van der Waals surface area contributed by atoms with Gasteiger partial charge in [-0.2, -0.15) is 4.72 Å². The van der Waals surface area contributed by atoms with E-state index in [-0.39, 0.29) is 15.7 Å². The highest BCUT2D eigenvalue weighted by Gasteiger charge is 2.30. The maximum atomic E-state index is 12.4. The van der Waals surface area contributed by atoms with Crippen LogP contribution in [-0.2, 0) is 14.8 Å². The van der Waals surface area contributed by atoms with Crippen LogP contribution in [-0.4, -0.2) is 32.6 Å². The van der Waals surface area contributed by atoms with E-state index in [9.17, 15) is 13.2 Å². The first kappa shape index (κ1) is 18.2. The van der Waals surface area contributed by atoms with Crippen molar-refractivity contribution < 1.29 is 23.1 Å². The molecule has 0 aromatic heterocycles. The molecule has 0 heterocycles. The summed E-state index contributed by atoms with van der Waals surface area (Å²) in [4.78, 5) is 10.9. The van der Waals surface area contributed by atoms with E-state index in [1.54, 1.807) is 13.8 Å². The van der Waals surface area contributed by atoms with Crippen LogP contribution in [0, 0.1) is 5.92 Å². The molecule has 0 amide bonds. The molecule has 118 valence electrons. The third-order valence-electron chi connectivity index (χ3n) is 2.68. The standard InChI is InChI=1S/C12H15BrClNO5S/c1-6(2)10(12(16)17)15-21(18,19)9-5-7(14)4-8(13)11(9)20-3/h4-6,10,15H,1-3H3,(H,16,17)/t10-/m1/s1. The van der Waals surface area contributed by atoms with Crippen molar-refractivity contribution in [1.29, 1.82) is 0 Å². The Bertz CT molecular complexity index is 647. The second kappa shape index (κ2) is 6.95. The molecule has 0 aliphatic heterocycles. The van der Waals surface area contributed by atoms with Crippen LogP contribution in [0.25, 0.3) is 0 Å². The fourth-order valence-electron chi connectivity index (χ4n) is 1.64. The highest BCUT2D eigenvalue weighted by molar-refractivity contribution is 9.10. The number of sulfonamides is 1. The summed E-state index contributed by atoms with van der Waals surface area (Å²) in [7, 11) is -2.80. The van der Waals surface area contributed by atoms with Crippen LogP contribution in [0.5, 0.6) is 5.75 Å². The smallest absolute Gasteiger partial charge is 0.322 e. The Labute approximate surface area is 136 Å². The summed E-state index contributed by atoms with van der Waals surface area (Å²) in [6.07, 6.45) is 0. The van der Waals surface area contributed by atoms with Gasteiger partial charge in [0.1, 0.15) is 10.9 Å².